The Kier molecular flexibility index (Phi) is 8.49. The molecular weight excluding hydrogens is 358 g/mol. The van der Waals surface area contributed by atoms with Gasteiger partial charge in [0.1, 0.15) is 6.61 Å². The minimum atomic E-state index is -0.969. The van der Waals surface area contributed by atoms with Gasteiger partial charge < -0.3 is 9.47 Å². The standard InChI is InChI=1S/C22H25NO5/c1-3-28-21(25)10-9-19(22(26)18-11-16(2)12-23-13-18)20(24)15-27-14-17-7-5-4-6-8-17/h4-8,11-13,19H,3,9-10,14-15H2,1-2H3. The molecule has 0 aliphatic rings. The van der Waals surface area contributed by atoms with E-state index in [2.05, 4.69) is 4.98 Å². The summed E-state index contributed by atoms with van der Waals surface area (Å²) in [7, 11) is 0. The van der Waals surface area contributed by atoms with Crippen molar-refractivity contribution in [1.29, 1.82) is 0 Å². The summed E-state index contributed by atoms with van der Waals surface area (Å²) in [6, 6.07) is 11.1. The SMILES string of the molecule is CCOC(=O)CCC(C(=O)COCc1ccccc1)C(=O)c1cncc(C)c1. The van der Waals surface area contributed by atoms with Crippen LogP contribution in [0.4, 0.5) is 0 Å². The number of pyridine rings is 1. The molecule has 1 aromatic heterocycles. The smallest absolute Gasteiger partial charge is 0.305 e. The van der Waals surface area contributed by atoms with E-state index in [1.807, 2.05) is 37.3 Å². The molecule has 0 N–H and O–H groups in total. The number of ketones is 2. The molecule has 0 saturated heterocycles. The second-order valence-electron chi connectivity index (χ2n) is 6.46. The van der Waals surface area contributed by atoms with Gasteiger partial charge in [-0.25, -0.2) is 0 Å². The van der Waals surface area contributed by atoms with Crippen LogP contribution in [0.25, 0.3) is 0 Å². The quantitative estimate of drug-likeness (QED) is 0.336. The third-order valence-electron chi connectivity index (χ3n) is 4.16. The number of hydrogen-bond acceptors (Lipinski definition) is 6. The summed E-state index contributed by atoms with van der Waals surface area (Å²) >= 11 is 0. The van der Waals surface area contributed by atoms with Crippen molar-refractivity contribution < 1.29 is 23.9 Å². The lowest BCUT2D eigenvalue weighted by Crippen LogP contribution is -2.29. The number of hydrogen-bond donors (Lipinski definition) is 0. The predicted molar refractivity (Wildman–Crippen MR) is 104 cm³/mol. The Morgan fingerprint density at radius 1 is 1.11 bits per heavy atom. The first-order valence-corrected chi connectivity index (χ1v) is 9.27. The first-order valence-electron chi connectivity index (χ1n) is 9.27. The summed E-state index contributed by atoms with van der Waals surface area (Å²) in [4.78, 5) is 41.3. The number of ether oxygens (including phenoxy) is 2. The maximum atomic E-state index is 12.9. The van der Waals surface area contributed by atoms with Crippen molar-refractivity contribution in [2.75, 3.05) is 13.2 Å². The van der Waals surface area contributed by atoms with Crippen LogP contribution in [-0.4, -0.2) is 35.7 Å². The van der Waals surface area contributed by atoms with Crippen molar-refractivity contribution in [2.45, 2.75) is 33.3 Å². The fraction of sp³-hybridized carbons (Fsp3) is 0.364. The van der Waals surface area contributed by atoms with E-state index in [0.717, 1.165) is 11.1 Å². The van der Waals surface area contributed by atoms with Gasteiger partial charge in [-0.15, -0.1) is 0 Å². The number of esters is 1. The second-order valence-corrected chi connectivity index (χ2v) is 6.46. The lowest BCUT2D eigenvalue weighted by Gasteiger charge is -2.15. The second kappa shape index (κ2) is 11.1. The minimum absolute atomic E-state index is 0.00604. The van der Waals surface area contributed by atoms with E-state index in [0.29, 0.717) is 5.56 Å². The zero-order chi connectivity index (χ0) is 20.4. The maximum Gasteiger partial charge on any atom is 0.305 e. The van der Waals surface area contributed by atoms with Crippen LogP contribution in [0.15, 0.2) is 48.8 Å². The van der Waals surface area contributed by atoms with E-state index in [-0.39, 0.29) is 44.2 Å². The Labute approximate surface area is 164 Å². The number of carbonyl (C=O) groups is 3. The highest BCUT2D eigenvalue weighted by Gasteiger charge is 2.28. The molecule has 0 amide bonds. The van der Waals surface area contributed by atoms with E-state index in [1.54, 1.807) is 19.2 Å². The maximum absolute atomic E-state index is 12.9. The van der Waals surface area contributed by atoms with Crippen molar-refractivity contribution >= 4 is 17.5 Å². The molecule has 0 aliphatic carbocycles. The minimum Gasteiger partial charge on any atom is -0.466 e. The molecule has 1 unspecified atom stereocenters. The van der Waals surface area contributed by atoms with Crippen LogP contribution < -0.4 is 0 Å². The lowest BCUT2D eigenvalue weighted by molar-refractivity contribution is -0.143. The van der Waals surface area contributed by atoms with Crippen LogP contribution in [-0.2, 0) is 25.7 Å². The third-order valence-corrected chi connectivity index (χ3v) is 4.16. The van der Waals surface area contributed by atoms with Gasteiger partial charge in [0.25, 0.3) is 0 Å². The summed E-state index contributed by atoms with van der Waals surface area (Å²) in [6.45, 7) is 3.86. The Morgan fingerprint density at radius 3 is 2.54 bits per heavy atom. The number of benzene rings is 1. The molecule has 2 aromatic rings. The molecule has 1 atom stereocenters. The van der Waals surface area contributed by atoms with Gasteiger partial charge >= 0.3 is 5.97 Å². The van der Waals surface area contributed by atoms with Crippen LogP contribution in [0.1, 0.15) is 41.3 Å². The van der Waals surface area contributed by atoms with Crippen LogP contribution in [0.5, 0.6) is 0 Å². The van der Waals surface area contributed by atoms with E-state index >= 15 is 0 Å². The summed E-state index contributed by atoms with van der Waals surface area (Å²) < 4.78 is 10.4. The highest BCUT2D eigenvalue weighted by Crippen LogP contribution is 2.17. The first kappa shape index (κ1) is 21.4. The molecule has 1 heterocycles. The van der Waals surface area contributed by atoms with Gasteiger partial charge in [-0.1, -0.05) is 30.3 Å². The summed E-state index contributed by atoms with van der Waals surface area (Å²) in [5.74, 6) is -2.11. The van der Waals surface area contributed by atoms with Crippen molar-refractivity contribution in [2.24, 2.45) is 5.92 Å². The van der Waals surface area contributed by atoms with E-state index in [4.69, 9.17) is 9.47 Å². The Balaban J connectivity index is 2.04. The largest absolute Gasteiger partial charge is 0.466 e. The van der Waals surface area contributed by atoms with Crippen molar-refractivity contribution in [1.82, 2.24) is 4.98 Å². The molecule has 0 radical (unpaired) electrons. The van der Waals surface area contributed by atoms with Crippen LogP contribution in [0.3, 0.4) is 0 Å². The van der Waals surface area contributed by atoms with Gasteiger partial charge in [0.2, 0.25) is 0 Å². The Hall–Kier alpha value is -2.86. The van der Waals surface area contributed by atoms with E-state index < -0.39 is 11.9 Å². The molecule has 0 fully saturated rings. The number of aromatic nitrogens is 1. The average Bonchev–Trinajstić information content (AvgIpc) is 2.69. The van der Waals surface area contributed by atoms with Crippen molar-refractivity contribution in [3.8, 4) is 0 Å². The van der Waals surface area contributed by atoms with Gasteiger partial charge in [-0.3, -0.25) is 19.4 Å². The summed E-state index contributed by atoms with van der Waals surface area (Å²) in [5, 5.41) is 0. The van der Waals surface area contributed by atoms with Crippen molar-refractivity contribution in [3.05, 3.63) is 65.5 Å². The molecule has 28 heavy (non-hydrogen) atoms. The van der Waals surface area contributed by atoms with Crippen molar-refractivity contribution in [3.63, 3.8) is 0 Å². The lowest BCUT2D eigenvalue weighted by atomic mass is 9.90. The fourth-order valence-corrected chi connectivity index (χ4v) is 2.77. The number of rotatable bonds is 11. The van der Waals surface area contributed by atoms with Gasteiger partial charge in [-0.2, -0.15) is 0 Å². The topological polar surface area (TPSA) is 82.6 Å². The normalized spacial score (nSPS) is 11.6. The number of carbonyl (C=O) groups excluding carboxylic acids is 3. The molecule has 6 nitrogen and oxygen atoms in total. The Bertz CT molecular complexity index is 804. The molecule has 0 spiro atoms. The van der Waals surface area contributed by atoms with Gasteiger partial charge in [0.15, 0.2) is 11.6 Å². The molecule has 0 aliphatic heterocycles. The molecular formula is C22H25NO5. The molecule has 148 valence electrons. The van der Waals surface area contributed by atoms with Gasteiger partial charge in [0, 0.05) is 24.4 Å². The monoisotopic (exact) mass is 383 g/mol. The summed E-state index contributed by atoms with van der Waals surface area (Å²) in [5.41, 5.74) is 2.11. The number of nitrogens with zero attached hydrogens (tertiary/aromatic N) is 1. The zero-order valence-electron chi connectivity index (χ0n) is 16.2. The third kappa shape index (κ3) is 6.70. The van der Waals surface area contributed by atoms with Crippen LogP contribution in [0, 0.1) is 12.8 Å². The van der Waals surface area contributed by atoms with Gasteiger partial charge in [-0.05, 0) is 37.5 Å². The van der Waals surface area contributed by atoms with E-state index in [9.17, 15) is 14.4 Å². The van der Waals surface area contributed by atoms with Gasteiger partial charge in [0.05, 0.1) is 19.1 Å². The van der Waals surface area contributed by atoms with E-state index in [1.165, 1.54) is 6.20 Å². The highest BCUT2D eigenvalue weighted by molar-refractivity contribution is 6.11. The predicted octanol–water partition coefficient (Wildman–Crippen LogP) is 3.32. The number of Topliss-reactive ketones (excluding diaryl/α,β-unsaturated/α-hetero) is 2. The summed E-state index contributed by atoms with van der Waals surface area (Å²) in [6.07, 6.45) is 3.15. The van der Waals surface area contributed by atoms with Crippen LogP contribution >= 0.6 is 0 Å². The first-order chi connectivity index (χ1) is 13.5. The molecule has 6 heteroatoms. The molecule has 0 saturated carbocycles. The average molecular weight is 383 g/mol. The Morgan fingerprint density at radius 2 is 1.86 bits per heavy atom. The fourth-order valence-electron chi connectivity index (χ4n) is 2.77. The molecule has 0 bridgehead atoms. The molecule has 1 aromatic carbocycles. The number of aryl methyl sites for hydroxylation is 1. The zero-order valence-corrected chi connectivity index (χ0v) is 16.2. The molecule has 2 rings (SSSR count). The highest BCUT2D eigenvalue weighted by atomic mass is 16.5. The van der Waals surface area contributed by atoms with Crippen LogP contribution in [0.2, 0.25) is 0 Å².